The number of nitrogens with one attached hydrogen (secondary N) is 1. The van der Waals surface area contributed by atoms with Gasteiger partial charge in [0.2, 0.25) is 5.88 Å². The highest BCUT2D eigenvalue weighted by Gasteiger charge is 2.36. The number of carbonyl (C=O) groups is 1. The van der Waals surface area contributed by atoms with Gasteiger partial charge in [0.25, 0.3) is 5.91 Å². The van der Waals surface area contributed by atoms with Crippen LogP contribution in [-0.4, -0.2) is 63.2 Å². The van der Waals surface area contributed by atoms with E-state index in [-0.39, 0.29) is 18.0 Å². The predicted molar refractivity (Wildman–Crippen MR) is 139 cm³/mol. The fraction of sp³-hybridized carbons (Fsp3) is 0.250. The molecule has 1 saturated heterocycles. The van der Waals surface area contributed by atoms with E-state index < -0.39 is 0 Å². The Morgan fingerprint density at radius 1 is 1.08 bits per heavy atom. The van der Waals surface area contributed by atoms with E-state index in [1.807, 2.05) is 11.0 Å². The number of nitrogen functional groups attached to an aromatic ring is 1. The standard InChI is InChI=1S/C28H30N6O2/c1-20-6-5-9-22(14-20)27(21-7-3-2-4-8-21)34-13-12-33(28(35)23-15-24(29)17-30-16-23)18-25(34)19-36-26-10-11-31-32-26/h2-11,14-17,25,27H,12-13,18-19,29H2,1H3,(H,31,32)/t25-,27?/m0/s1. The predicted octanol–water partition coefficient (Wildman–Crippen LogP) is 3.69. The molecule has 4 aromatic rings. The molecule has 1 aliphatic rings. The third-order valence-electron chi connectivity index (χ3n) is 6.53. The summed E-state index contributed by atoms with van der Waals surface area (Å²) in [6.45, 7) is 4.29. The molecule has 0 saturated carbocycles. The SMILES string of the molecule is Cc1cccc(C(c2ccccc2)N2CCN(C(=O)c3cncc(N)c3)C[C@H]2COc2ccn[nH]2)c1. The maximum absolute atomic E-state index is 13.3. The highest BCUT2D eigenvalue weighted by Crippen LogP contribution is 2.33. The number of pyridine rings is 1. The number of nitrogens with two attached hydrogens (primary N) is 1. The van der Waals surface area contributed by atoms with Gasteiger partial charge >= 0.3 is 0 Å². The van der Waals surface area contributed by atoms with Crippen molar-refractivity contribution in [3.05, 3.63) is 108 Å². The van der Waals surface area contributed by atoms with Crippen molar-refractivity contribution < 1.29 is 9.53 Å². The third kappa shape index (κ3) is 5.23. The molecule has 0 aliphatic carbocycles. The fourth-order valence-corrected chi connectivity index (χ4v) is 4.86. The second-order valence-electron chi connectivity index (χ2n) is 9.11. The number of H-pyrrole nitrogens is 1. The molecule has 0 spiro atoms. The van der Waals surface area contributed by atoms with Crippen LogP contribution in [0.15, 0.2) is 85.3 Å². The molecule has 1 unspecified atom stereocenters. The van der Waals surface area contributed by atoms with Crippen LogP contribution in [0.3, 0.4) is 0 Å². The van der Waals surface area contributed by atoms with Crippen LogP contribution < -0.4 is 10.5 Å². The number of anilines is 1. The van der Waals surface area contributed by atoms with Crippen molar-refractivity contribution in [2.45, 2.75) is 19.0 Å². The molecule has 1 fully saturated rings. The number of rotatable bonds is 7. The van der Waals surface area contributed by atoms with E-state index in [1.54, 1.807) is 30.7 Å². The number of aromatic nitrogens is 3. The fourth-order valence-electron chi connectivity index (χ4n) is 4.86. The summed E-state index contributed by atoms with van der Waals surface area (Å²) in [5, 5.41) is 6.85. The molecule has 2 aromatic carbocycles. The van der Waals surface area contributed by atoms with E-state index >= 15 is 0 Å². The summed E-state index contributed by atoms with van der Waals surface area (Å²) in [6.07, 6.45) is 4.78. The van der Waals surface area contributed by atoms with Gasteiger partial charge in [0.15, 0.2) is 0 Å². The lowest BCUT2D eigenvalue weighted by molar-refractivity contribution is 0.0229. The zero-order valence-corrected chi connectivity index (χ0v) is 20.2. The highest BCUT2D eigenvalue weighted by molar-refractivity contribution is 5.94. The molecule has 0 radical (unpaired) electrons. The van der Waals surface area contributed by atoms with Gasteiger partial charge in [-0.15, -0.1) is 0 Å². The molecular weight excluding hydrogens is 452 g/mol. The number of carbonyl (C=O) groups excluding carboxylic acids is 1. The molecule has 8 nitrogen and oxygen atoms in total. The number of aromatic amines is 1. The average Bonchev–Trinajstić information content (AvgIpc) is 3.42. The van der Waals surface area contributed by atoms with Gasteiger partial charge in [-0.2, -0.15) is 5.10 Å². The molecule has 5 rings (SSSR count). The minimum atomic E-state index is -0.0761. The van der Waals surface area contributed by atoms with E-state index in [1.165, 1.54) is 16.7 Å². The van der Waals surface area contributed by atoms with Crippen LogP contribution in [0, 0.1) is 6.92 Å². The Morgan fingerprint density at radius 3 is 2.67 bits per heavy atom. The zero-order valence-electron chi connectivity index (χ0n) is 20.2. The van der Waals surface area contributed by atoms with E-state index in [0.29, 0.717) is 43.4 Å². The van der Waals surface area contributed by atoms with Gasteiger partial charge in [0.1, 0.15) is 6.61 Å². The Morgan fingerprint density at radius 2 is 1.92 bits per heavy atom. The first-order valence-electron chi connectivity index (χ1n) is 12.1. The van der Waals surface area contributed by atoms with E-state index in [2.05, 4.69) is 75.5 Å². The number of aryl methyl sites for hydroxylation is 1. The summed E-state index contributed by atoms with van der Waals surface area (Å²) in [5.41, 5.74) is 10.5. The molecule has 2 aromatic heterocycles. The second kappa shape index (κ2) is 10.6. The molecule has 184 valence electrons. The summed E-state index contributed by atoms with van der Waals surface area (Å²) in [4.78, 5) is 21.8. The molecular formula is C28H30N6O2. The number of benzene rings is 2. The van der Waals surface area contributed by atoms with E-state index in [9.17, 15) is 4.79 Å². The van der Waals surface area contributed by atoms with Crippen LogP contribution in [0.2, 0.25) is 0 Å². The molecule has 8 heteroatoms. The number of hydrogen-bond donors (Lipinski definition) is 2. The highest BCUT2D eigenvalue weighted by atomic mass is 16.5. The number of piperazine rings is 1. The summed E-state index contributed by atoms with van der Waals surface area (Å²) < 4.78 is 6.08. The second-order valence-corrected chi connectivity index (χ2v) is 9.11. The normalized spacial score (nSPS) is 17.0. The maximum Gasteiger partial charge on any atom is 0.255 e. The number of ether oxygens (including phenoxy) is 1. The number of nitrogens with zero attached hydrogens (tertiary/aromatic N) is 4. The first-order chi connectivity index (χ1) is 17.6. The molecule has 3 heterocycles. The summed E-state index contributed by atoms with van der Waals surface area (Å²) in [7, 11) is 0. The third-order valence-corrected chi connectivity index (χ3v) is 6.53. The van der Waals surface area contributed by atoms with Gasteiger partial charge in [-0.05, 0) is 24.1 Å². The Balaban J connectivity index is 1.47. The Labute approximate surface area is 210 Å². The Hall–Kier alpha value is -4.17. The Kier molecular flexibility index (Phi) is 6.95. The molecule has 2 atom stereocenters. The lowest BCUT2D eigenvalue weighted by Crippen LogP contribution is -2.57. The van der Waals surface area contributed by atoms with E-state index in [4.69, 9.17) is 10.5 Å². The lowest BCUT2D eigenvalue weighted by Gasteiger charge is -2.45. The number of hydrogen-bond acceptors (Lipinski definition) is 6. The van der Waals surface area contributed by atoms with Crippen molar-refractivity contribution in [3.8, 4) is 5.88 Å². The van der Waals surface area contributed by atoms with Crippen molar-refractivity contribution in [1.29, 1.82) is 0 Å². The number of amides is 1. The van der Waals surface area contributed by atoms with Crippen LogP contribution in [0.1, 0.15) is 33.1 Å². The van der Waals surface area contributed by atoms with Gasteiger partial charge in [-0.3, -0.25) is 14.7 Å². The molecule has 3 N–H and O–H groups in total. The first kappa shape index (κ1) is 23.6. The van der Waals surface area contributed by atoms with Crippen LogP contribution in [-0.2, 0) is 0 Å². The molecule has 36 heavy (non-hydrogen) atoms. The average molecular weight is 483 g/mol. The topological polar surface area (TPSA) is 100 Å². The van der Waals surface area contributed by atoms with Gasteiger partial charge < -0.3 is 15.4 Å². The van der Waals surface area contributed by atoms with Crippen LogP contribution in [0.5, 0.6) is 5.88 Å². The van der Waals surface area contributed by atoms with Gasteiger partial charge in [-0.25, -0.2) is 5.10 Å². The lowest BCUT2D eigenvalue weighted by atomic mass is 9.93. The zero-order chi connectivity index (χ0) is 24.9. The monoisotopic (exact) mass is 482 g/mol. The summed E-state index contributed by atoms with van der Waals surface area (Å²) in [6, 6.07) is 22.6. The van der Waals surface area contributed by atoms with E-state index in [0.717, 1.165) is 0 Å². The largest absolute Gasteiger partial charge is 0.476 e. The van der Waals surface area contributed by atoms with Crippen LogP contribution in [0.4, 0.5) is 5.69 Å². The van der Waals surface area contributed by atoms with Crippen LogP contribution >= 0.6 is 0 Å². The summed E-state index contributed by atoms with van der Waals surface area (Å²) in [5.74, 6) is 0.526. The first-order valence-corrected chi connectivity index (χ1v) is 12.1. The molecule has 1 aliphatic heterocycles. The van der Waals surface area contributed by atoms with Crippen molar-refractivity contribution in [2.75, 3.05) is 32.0 Å². The minimum Gasteiger partial charge on any atom is -0.476 e. The van der Waals surface area contributed by atoms with Gasteiger partial charge in [0.05, 0.1) is 29.5 Å². The quantitative estimate of drug-likeness (QED) is 0.417. The molecule has 1 amide bonds. The van der Waals surface area contributed by atoms with Crippen molar-refractivity contribution in [3.63, 3.8) is 0 Å². The smallest absolute Gasteiger partial charge is 0.255 e. The van der Waals surface area contributed by atoms with Crippen molar-refractivity contribution in [1.82, 2.24) is 25.0 Å². The van der Waals surface area contributed by atoms with Crippen LogP contribution in [0.25, 0.3) is 0 Å². The Bertz CT molecular complexity index is 1290. The molecule has 0 bridgehead atoms. The van der Waals surface area contributed by atoms with Gasteiger partial charge in [-0.1, -0.05) is 60.2 Å². The van der Waals surface area contributed by atoms with Gasteiger partial charge in [0, 0.05) is 38.1 Å². The van der Waals surface area contributed by atoms with Crippen molar-refractivity contribution in [2.24, 2.45) is 0 Å². The summed E-state index contributed by atoms with van der Waals surface area (Å²) >= 11 is 0. The minimum absolute atomic E-state index is 0.0211. The maximum atomic E-state index is 13.3. The van der Waals surface area contributed by atoms with Crippen molar-refractivity contribution >= 4 is 11.6 Å².